The first-order valence-electron chi connectivity index (χ1n) is 8.23. The average molecular weight is 400 g/mol. The zero-order chi connectivity index (χ0) is 19.2. The van der Waals surface area contributed by atoms with Gasteiger partial charge in [0.05, 0.1) is 11.4 Å². The van der Waals surface area contributed by atoms with Crippen LogP contribution in [0.2, 0.25) is 5.15 Å². The van der Waals surface area contributed by atoms with Gasteiger partial charge in [0.25, 0.3) is 0 Å². The number of aryl methyl sites for hydroxylation is 1. The number of anilines is 1. The molecule has 1 aromatic carbocycles. The van der Waals surface area contributed by atoms with Crippen molar-refractivity contribution < 1.29 is 4.79 Å². The number of allylic oxidation sites excluding steroid dienone is 1. The highest BCUT2D eigenvalue weighted by Gasteiger charge is 2.16. The zero-order valence-corrected chi connectivity index (χ0v) is 16.3. The van der Waals surface area contributed by atoms with Crippen LogP contribution in [0.4, 0.5) is 5.69 Å². The summed E-state index contributed by atoms with van der Waals surface area (Å²) < 4.78 is 1.95. The van der Waals surface area contributed by atoms with E-state index in [1.807, 2.05) is 35.8 Å². The van der Waals surface area contributed by atoms with Crippen molar-refractivity contribution in [2.24, 2.45) is 0 Å². The second-order valence-electron chi connectivity index (χ2n) is 5.70. The second kappa shape index (κ2) is 8.83. The summed E-state index contributed by atoms with van der Waals surface area (Å²) in [6.07, 6.45) is 3.35. The number of pyridine rings is 1. The van der Waals surface area contributed by atoms with Crippen LogP contribution in [0.5, 0.6) is 0 Å². The Labute approximate surface area is 166 Å². The Hall–Kier alpha value is -2.64. The lowest BCUT2D eigenvalue weighted by Crippen LogP contribution is -2.15. The fourth-order valence-electron chi connectivity index (χ4n) is 2.51. The quantitative estimate of drug-likeness (QED) is 0.366. The summed E-state index contributed by atoms with van der Waals surface area (Å²) in [6.45, 7) is 6.39. The van der Waals surface area contributed by atoms with Crippen LogP contribution in [-0.4, -0.2) is 31.4 Å². The summed E-state index contributed by atoms with van der Waals surface area (Å²) in [7, 11) is 0. The predicted octanol–water partition coefficient (Wildman–Crippen LogP) is 4.22. The number of hydrogen-bond acceptors (Lipinski definition) is 5. The molecule has 0 aliphatic carbocycles. The van der Waals surface area contributed by atoms with Crippen molar-refractivity contribution in [3.8, 4) is 11.4 Å². The number of hydrogen-bond donors (Lipinski definition) is 1. The molecule has 8 heteroatoms. The number of carbonyl (C=O) groups is 1. The molecule has 0 atom stereocenters. The minimum absolute atomic E-state index is 0.175. The van der Waals surface area contributed by atoms with E-state index >= 15 is 0 Å². The van der Waals surface area contributed by atoms with E-state index in [4.69, 9.17) is 11.6 Å². The van der Waals surface area contributed by atoms with Gasteiger partial charge in [-0.2, -0.15) is 0 Å². The maximum atomic E-state index is 12.2. The molecule has 6 nitrogen and oxygen atoms in total. The highest BCUT2D eigenvalue weighted by atomic mass is 35.5. The van der Waals surface area contributed by atoms with E-state index < -0.39 is 0 Å². The van der Waals surface area contributed by atoms with Gasteiger partial charge in [-0.3, -0.25) is 9.36 Å². The van der Waals surface area contributed by atoms with Crippen molar-refractivity contribution in [1.82, 2.24) is 19.7 Å². The number of rotatable bonds is 7. The summed E-state index contributed by atoms with van der Waals surface area (Å²) in [5.74, 6) is 0.737. The van der Waals surface area contributed by atoms with Gasteiger partial charge >= 0.3 is 0 Å². The Morgan fingerprint density at radius 3 is 2.85 bits per heavy atom. The van der Waals surface area contributed by atoms with Crippen molar-refractivity contribution >= 4 is 35.0 Å². The molecule has 0 unspecified atom stereocenters. The predicted molar refractivity (Wildman–Crippen MR) is 109 cm³/mol. The molecule has 0 saturated carbocycles. The van der Waals surface area contributed by atoms with Crippen LogP contribution >= 0.6 is 23.4 Å². The standard InChI is InChI=1S/C19H18ClN5OS/c1-3-11-25-18(14-8-5-4-7-13(14)2)23-24-19(25)27-12-16(26)22-15-9-6-10-21-17(15)20/h3-10H,1,11-12H2,2H3,(H,22,26). The van der Waals surface area contributed by atoms with Crippen LogP contribution in [0.1, 0.15) is 5.56 Å². The molecule has 1 amide bonds. The highest BCUT2D eigenvalue weighted by Crippen LogP contribution is 2.26. The smallest absolute Gasteiger partial charge is 0.234 e. The Bertz CT molecular complexity index is 972. The molecular formula is C19H18ClN5OS. The molecule has 0 aliphatic heterocycles. The van der Waals surface area contributed by atoms with Gasteiger partial charge in [-0.15, -0.1) is 16.8 Å². The topological polar surface area (TPSA) is 72.7 Å². The summed E-state index contributed by atoms with van der Waals surface area (Å²) in [5.41, 5.74) is 2.60. The number of thioether (sulfide) groups is 1. The summed E-state index contributed by atoms with van der Waals surface area (Å²) >= 11 is 7.28. The van der Waals surface area contributed by atoms with E-state index in [0.29, 0.717) is 17.4 Å². The normalized spacial score (nSPS) is 10.6. The number of benzene rings is 1. The Morgan fingerprint density at radius 1 is 1.30 bits per heavy atom. The third-order valence-corrected chi connectivity index (χ3v) is 5.05. The van der Waals surface area contributed by atoms with Crippen molar-refractivity contribution in [2.45, 2.75) is 18.6 Å². The molecule has 0 bridgehead atoms. The highest BCUT2D eigenvalue weighted by molar-refractivity contribution is 7.99. The molecule has 1 N–H and O–H groups in total. The van der Waals surface area contributed by atoms with Crippen molar-refractivity contribution in [1.29, 1.82) is 0 Å². The summed E-state index contributed by atoms with van der Waals surface area (Å²) in [6, 6.07) is 11.4. The van der Waals surface area contributed by atoms with Gasteiger partial charge in [-0.1, -0.05) is 53.7 Å². The third kappa shape index (κ3) is 4.56. The molecule has 0 spiro atoms. The lowest BCUT2D eigenvalue weighted by Gasteiger charge is -2.10. The summed E-state index contributed by atoms with van der Waals surface area (Å²) in [4.78, 5) is 16.2. The molecule has 3 rings (SSSR count). The minimum Gasteiger partial charge on any atom is -0.323 e. The van der Waals surface area contributed by atoms with Crippen LogP contribution in [0.25, 0.3) is 11.4 Å². The van der Waals surface area contributed by atoms with Crippen LogP contribution in [0.3, 0.4) is 0 Å². The van der Waals surface area contributed by atoms with Crippen LogP contribution < -0.4 is 5.32 Å². The number of carbonyl (C=O) groups excluding carboxylic acids is 1. The van der Waals surface area contributed by atoms with E-state index in [9.17, 15) is 4.79 Å². The van der Waals surface area contributed by atoms with Crippen molar-refractivity contribution in [3.05, 3.63) is 66.0 Å². The molecule has 0 aliphatic rings. The maximum Gasteiger partial charge on any atom is 0.234 e. The Balaban J connectivity index is 1.75. The lowest BCUT2D eigenvalue weighted by atomic mass is 10.1. The van der Waals surface area contributed by atoms with Gasteiger partial charge in [0.2, 0.25) is 5.91 Å². The minimum atomic E-state index is -0.194. The van der Waals surface area contributed by atoms with Crippen LogP contribution in [-0.2, 0) is 11.3 Å². The van der Waals surface area contributed by atoms with E-state index in [2.05, 4.69) is 27.1 Å². The van der Waals surface area contributed by atoms with Crippen LogP contribution in [0.15, 0.2) is 60.4 Å². The fourth-order valence-corrected chi connectivity index (χ4v) is 3.42. The number of nitrogens with one attached hydrogen (secondary N) is 1. The van der Waals surface area contributed by atoms with Crippen molar-refractivity contribution in [3.63, 3.8) is 0 Å². The van der Waals surface area contributed by atoms with E-state index in [-0.39, 0.29) is 16.8 Å². The molecule has 2 aromatic heterocycles. The third-order valence-electron chi connectivity index (χ3n) is 3.78. The molecule has 3 aromatic rings. The van der Waals surface area contributed by atoms with Gasteiger partial charge in [0.1, 0.15) is 0 Å². The lowest BCUT2D eigenvalue weighted by molar-refractivity contribution is -0.113. The fraction of sp³-hybridized carbons (Fsp3) is 0.158. The molecule has 2 heterocycles. The molecule has 0 fully saturated rings. The zero-order valence-electron chi connectivity index (χ0n) is 14.7. The molecular weight excluding hydrogens is 382 g/mol. The van der Waals surface area contributed by atoms with Crippen LogP contribution in [0, 0.1) is 6.92 Å². The van der Waals surface area contributed by atoms with Gasteiger partial charge in [-0.25, -0.2) is 4.98 Å². The average Bonchev–Trinajstić information content (AvgIpc) is 3.05. The second-order valence-corrected chi connectivity index (χ2v) is 7.00. The number of amides is 1. The van der Waals surface area contributed by atoms with E-state index in [0.717, 1.165) is 17.0 Å². The first kappa shape index (κ1) is 19.1. The van der Waals surface area contributed by atoms with E-state index in [1.54, 1.807) is 24.4 Å². The van der Waals surface area contributed by atoms with Gasteiger partial charge < -0.3 is 5.32 Å². The first-order chi connectivity index (χ1) is 13.1. The number of halogens is 1. The monoisotopic (exact) mass is 399 g/mol. The Kier molecular flexibility index (Phi) is 6.26. The molecule has 27 heavy (non-hydrogen) atoms. The molecule has 0 saturated heterocycles. The maximum absolute atomic E-state index is 12.2. The van der Waals surface area contributed by atoms with Crippen molar-refractivity contribution in [2.75, 3.05) is 11.1 Å². The first-order valence-corrected chi connectivity index (χ1v) is 9.59. The van der Waals surface area contributed by atoms with Gasteiger partial charge in [0.15, 0.2) is 16.1 Å². The largest absolute Gasteiger partial charge is 0.323 e. The van der Waals surface area contributed by atoms with E-state index in [1.165, 1.54) is 11.8 Å². The number of aromatic nitrogens is 4. The van der Waals surface area contributed by atoms with Gasteiger partial charge in [-0.05, 0) is 24.6 Å². The SMILES string of the molecule is C=CCn1c(SCC(=O)Nc2cccnc2Cl)nnc1-c1ccccc1C. The Morgan fingerprint density at radius 2 is 2.11 bits per heavy atom. The molecule has 138 valence electrons. The van der Waals surface area contributed by atoms with Gasteiger partial charge in [0, 0.05) is 18.3 Å². The number of nitrogens with zero attached hydrogens (tertiary/aromatic N) is 4. The summed E-state index contributed by atoms with van der Waals surface area (Å²) in [5, 5.41) is 12.2. The molecule has 0 radical (unpaired) electrons.